The molecule has 0 radical (unpaired) electrons. The van der Waals surface area contributed by atoms with Crippen molar-refractivity contribution in [3.05, 3.63) is 48.0 Å². The molecule has 4 heteroatoms. The van der Waals surface area contributed by atoms with Crippen molar-refractivity contribution in [1.82, 2.24) is 4.98 Å². The van der Waals surface area contributed by atoms with Crippen LogP contribution in [-0.4, -0.2) is 10.9 Å². The number of benzene rings is 2. The average Bonchev–Trinajstić information content (AvgIpc) is 2.92. The van der Waals surface area contributed by atoms with Crippen LogP contribution >= 0.6 is 0 Å². The smallest absolute Gasteiger partial charge is 0.229 e. The van der Waals surface area contributed by atoms with Crippen LogP contribution in [-0.2, 0) is 4.79 Å². The van der Waals surface area contributed by atoms with Crippen LogP contribution in [0.5, 0.6) is 0 Å². The van der Waals surface area contributed by atoms with E-state index in [0.29, 0.717) is 5.89 Å². The van der Waals surface area contributed by atoms with Crippen molar-refractivity contribution in [1.29, 1.82) is 0 Å². The van der Waals surface area contributed by atoms with E-state index in [1.165, 1.54) is 0 Å². The molecule has 0 saturated heterocycles. The van der Waals surface area contributed by atoms with Crippen molar-refractivity contribution >= 4 is 22.7 Å². The number of hydrogen-bond donors (Lipinski definition) is 1. The summed E-state index contributed by atoms with van der Waals surface area (Å²) in [6.45, 7) is 7.64. The number of rotatable bonds is 2. The highest BCUT2D eigenvalue weighted by Gasteiger charge is 2.22. The van der Waals surface area contributed by atoms with E-state index in [0.717, 1.165) is 27.9 Å². The van der Waals surface area contributed by atoms with Gasteiger partial charge in [0.2, 0.25) is 11.8 Å². The molecule has 4 nitrogen and oxygen atoms in total. The number of para-hydroxylation sites is 2. The first-order valence-corrected chi connectivity index (χ1v) is 7.62. The molecule has 118 valence electrons. The Balaban J connectivity index is 1.98. The standard InChI is InChI=1S/C19H20N2O2/c1-12-9-10-13(11-15(12)21-18(22)19(2,3)4)17-20-14-7-5-6-8-16(14)23-17/h5-11H,1-4H3,(H,21,22). The van der Waals surface area contributed by atoms with Gasteiger partial charge in [0.25, 0.3) is 0 Å². The Morgan fingerprint density at radius 3 is 2.57 bits per heavy atom. The predicted octanol–water partition coefficient (Wildman–Crippen LogP) is 4.79. The largest absolute Gasteiger partial charge is 0.436 e. The van der Waals surface area contributed by atoms with Crippen LogP contribution in [0.3, 0.4) is 0 Å². The van der Waals surface area contributed by atoms with Gasteiger partial charge in [0.1, 0.15) is 5.52 Å². The van der Waals surface area contributed by atoms with Gasteiger partial charge >= 0.3 is 0 Å². The molecule has 23 heavy (non-hydrogen) atoms. The minimum absolute atomic E-state index is 0.0182. The van der Waals surface area contributed by atoms with Gasteiger partial charge in [0, 0.05) is 16.7 Å². The van der Waals surface area contributed by atoms with E-state index in [4.69, 9.17) is 4.42 Å². The first-order chi connectivity index (χ1) is 10.8. The minimum Gasteiger partial charge on any atom is -0.436 e. The van der Waals surface area contributed by atoms with Crippen molar-refractivity contribution in [3.8, 4) is 11.5 Å². The molecule has 0 aliphatic heterocycles. The maximum absolute atomic E-state index is 12.2. The Morgan fingerprint density at radius 2 is 1.87 bits per heavy atom. The summed E-state index contributed by atoms with van der Waals surface area (Å²) in [6, 6.07) is 13.5. The lowest BCUT2D eigenvalue weighted by Gasteiger charge is -2.19. The van der Waals surface area contributed by atoms with Gasteiger partial charge in [-0.15, -0.1) is 0 Å². The van der Waals surface area contributed by atoms with Crippen LogP contribution in [0.15, 0.2) is 46.9 Å². The molecule has 1 amide bonds. The summed E-state index contributed by atoms with van der Waals surface area (Å²) in [5.41, 5.74) is 3.76. The fraction of sp³-hybridized carbons (Fsp3) is 0.263. The third-order valence-corrected chi connectivity index (χ3v) is 3.71. The lowest BCUT2D eigenvalue weighted by atomic mass is 9.95. The molecule has 1 aromatic heterocycles. The number of fused-ring (bicyclic) bond motifs is 1. The van der Waals surface area contributed by atoms with Gasteiger partial charge in [-0.25, -0.2) is 4.98 Å². The summed E-state index contributed by atoms with van der Waals surface area (Å²) in [5.74, 6) is 0.535. The molecule has 0 aliphatic carbocycles. The van der Waals surface area contributed by atoms with Crippen LogP contribution in [0.25, 0.3) is 22.6 Å². The summed E-state index contributed by atoms with van der Waals surface area (Å²) in [5, 5.41) is 2.99. The number of aromatic nitrogens is 1. The molecular formula is C19H20N2O2. The molecular weight excluding hydrogens is 288 g/mol. The highest BCUT2D eigenvalue weighted by Crippen LogP contribution is 2.28. The number of carbonyl (C=O) groups is 1. The molecule has 0 fully saturated rings. The number of nitrogens with one attached hydrogen (secondary N) is 1. The van der Waals surface area contributed by atoms with Crippen LogP contribution in [0.1, 0.15) is 26.3 Å². The van der Waals surface area contributed by atoms with Crippen LogP contribution in [0.2, 0.25) is 0 Å². The van der Waals surface area contributed by atoms with Gasteiger partial charge in [-0.3, -0.25) is 4.79 Å². The normalized spacial score (nSPS) is 11.7. The maximum atomic E-state index is 12.2. The second kappa shape index (κ2) is 5.54. The van der Waals surface area contributed by atoms with E-state index in [1.54, 1.807) is 0 Å². The third-order valence-electron chi connectivity index (χ3n) is 3.71. The van der Waals surface area contributed by atoms with E-state index < -0.39 is 5.41 Å². The van der Waals surface area contributed by atoms with Crippen LogP contribution < -0.4 is 5.32 Å². The lowest BCUT2D eigenvalue weighted by Crippen LogP contribution is -2.27. The average molecular weight is 308 g/mol. The number of aryl methyl sites for hydroxylation is 1. The molecule has 1 N–H and O–H groups in total. The maximum Gasteiger partial charge on any atom is 0.229 e. The molecule has 0 unspecified atom stereocenters. The zero-order valence-corrected chi connectivity index (χ0v) is 13.8. The number of oxazole rings is 1. The molecule has 3 aromatic rings. The Labute approximate surface area is 135 Å². The number of amides is 1. The predicted molar refractivity (Wildman–Crippen MR) is 92.3 cm³/mol. The van der Waals surface area contributed by atoms with Gasteiger partial charge < -0.3 is 9.73 Å². The van der Waals surface area contributed by atoms with Crippen LogP contribution in [0, 0.1) is 12.3 Å². The van der Waals surface area contributed by atoms with E-state index in [2.05, 4.69) is 10.3 Å². The fourth-order valence-electron chi connectivity index (χ4n) is 2.20. The summed E-state index contributed by atoms with van der Waals surface area (Å²) in [6.07, 6.45) is 0. The quantitative estimate of drug-likeness (QED) is 0.740. The molecule has 1 heterocycles. The molecule has 0 bridgehead atoms. The minimum atomic E-state index is -0.444. The second-order valence-corrected chi connectivity index (χ2v) is 6.72. The number of carbonyl (C=O) groups excluding carboxylic acids is 1. The van der Waals surface area contributed by atoms with E-state index in [-0.39, 0.29) is 5.91 Å². The van der Waals surface area contributed by atoms with Gasteiger partial charge in [0.15, 0.2) is 5.58 Å². The summed E-state index contributed by atoms with van der Waals surface area (Å²) in [7, 11) is 0. The van der Waals surface area contributed by atoms with Crippen molar-refractivity contribution in [2.24, 2.45) is 5.41 Å². The van der Waals surface area contributed by atoms with E-state index >= 15 is 0 Å². The zero-order chi connectivity index (χ0) is 16.6. The van der Waals surface area contributed by atoms with Crippen molar-refractivity contribution < 1.29 is 9.21 Å². The lowest BCUT2D eigenvalue weighted by molar-refractivity contribution is -0.123. The molecule has 2 aromatic carbocycles. The zero-order valence-electron chi connectivity index (χ0n) is 13.8. The SMILES string of the molecule is Cc1ccc(-c2nc3ccccc3o2)cc1NC(=O)C(C)(C)C. The summed E-state index contributed by atoms with van der Waals surface area (Å²) >= 11 is 0. The van der Waals surface area contributed by atoms with E-state index in [1.807, 2.05) is 70.2 Å². The molecule has 0 saturated carbocycles. The van der Waals surface area contributed by atoms with E-state index in [9.17, 15) is 4.79 Å². The molecule has 0 atom stereocenters. The van der Waals surface area contributed by atoms with Crippen molar-refractivity contribution in [2.75, 3.05) is 5.32 Å². The fourth-order valence-corrected chi connectivity index (χ4v) is 2.20. The Hall–Kier alpha value is -2.62. The Bertz CT molecular complexity index is 839. The molecule has 3 rings (SSSR count). The monoisotopic (exact) mass is 308 g/mol. The Morgan fingerprint density at radius 1 is 1.13 bits per heavy atom. The molecule has 0 aliphatic rings. The topological polar surface area (TPSA) is 55.1 Å². The Kier molecular flexibility index (Phi) is 3.68. The first-order valence-electron chi connectivity index (χ1n) is 7.62. The van der Waals surface area contributed by atoms with Crippen molar-refractivity contribution in [3.63, 3.8) is 0 Å². The number of anilines is 1. The van der Waals surface area contributed by atoms with Gasteiger partial charge in [-0.2, -0.15) is 0 Å². The first kappa shape index (κ1) is 15.3. The number of nitrogens with zero attached hydrogens (tertiary/aromatic N) is 1. The highest BCUT2D eigenvalue weighted by atomic mass is 16.3. The van der Waals surface area contributed by atoms with Gasteiger partial charge in [-0.05, 0) is 36.8 Å². The number of hydrogen-bond acceptors (Lipinski definition) is 3. The third kappa shape index (κ3) is 3.11. The van der Waals surface area contributed by atoms with Crippen molar-refractivity contribution in [2.45, 2.75) is 27.7 Å². The van der Waals surface area contributed by atoms with Gasteiger partial charge in [-0.1, -0.05) is 39.0 Å². The van der Waals surface area contributed by atoms with Gasteiger partial charge in [0.05, 0.1) is 0 Å². The molecule has 0 spiro atoms. The summed E-state index contributed by atoms with van der Waals surface area (Å²) in [4.78, 5) is 16.7. The summed E-state index contributed by atoms with van der Waals surface area (Å²) < 4.78 is 5.80. The van der Waals surface area contributed by atoms with Crippen LogP contribution in [0.4, 0.5) is 5.69 Å². The highest BCUT2D eigenvalue weighted by molar-refractivity contribution is 5.95. The second-order valence-electron chi connectivity index (χ2n) is 6.72.